The molecule has 148 valence electrons. The van der Waals surface area contributed by atoms with E-state index in [2.05, 4.69) is 52.0 Å². The number of benzene rings is 1. The minimum atomic E-state index is 0.369. The van der Waals surface area contributed by atoms with Crippen LogP contribution < -0.4 is 0 Å². The Morgan fingerprint density at radius 1 is 0.962 bits per heavy atom. The van der Waals surface area contributed by atoms with Gasteiger partial charge in [0.05, 0.1) is 0 Å². The Bertz CT molecular complexity index is 514. The summed E-state index contributed by atoms with van der Waals surface area (Å²) in [5.74, 6) is 0. The number of rotatable bonds is 5. The van der Waals surface area contributed by atoms with E-state index in [1.807, 2.05) is 46.6 Å². The van der Waals surface area contributed by atoms with Gasteiger partial charge in [-0.25, -0.2) is 0 Å². The van der Waals surface area contributed by atoms with Gasteiger partial charge in [0.2, 0.25) is 0 Å². The van der Waals surface area contributed by atoms with Gasteiger partial charge in [-0.3, -0.25) is 4.79 Å². The number of hydrogen-bond donors (Lipinski definition) is 0. The molecule has 1 aromatic rings. The van der Waals surface area contributed by atoms with E-state index >= 15 is 0 Å². The molecule has 0 atom stereocenters. The molecule has 1 rings (SSSR count). The van der Waals surface area contributed by atoms with Crippen molar-refractivity contribution < 1.29 is 9.59 Å². The Balaban J connectivity index is -0.000000357. The lowest BCUT2D eigenvalue weighted by Crippen LogP contribution is -2.19. The average molecular weight is 361 g/mol. The van der Waals surface area contributed by atoms with E-state index in [4.69, 9.17) is 4.79 Å². The standard InChI is InChI=1S/C13H20.C8H12O.C2H6.CH2O/c1-5-13(4,6-2)12-9-7-11(3)8-10-12;1-7(2)4-5-8(3)6-9;2*1-2/h7-10H,5-6H2,1-4H3;4-6H,1-3H3;1-2H3;1H2/b;8-5+;;. The van der Waals surface area contributed by atoms with Crippen molar-refractivity contribution in [1.82, 2.24) is 0 Å². The Labute approximate surface area is 162 Å². The van der Waals surface area contributed by atoms with Crippen LogP contribution in [0, 0.1) is 6.92 Å². The average Bonchev–Trinajstić information content (AvgIpc) is 2.69. The fraction of sp³-hybridized carbons (Fsp3) is 0.500. The molecule has 0 spiro atoms. The molecule has 0 aliphatic rings. The second kappa shape index (κ2) is 17.8. The summed E-state index contributed by atoms with van der Waals surface area (Å²) in [6.45, 7) is 20.8. The molecule has 0 aliphatic carbocycles. The highest BCUT2D eigenvalue weighted by Gasteiger charge is 2.21. The molecule has 0 bridgehead atoms. The van der Waals surface area contributed by atoms with Crippen molar-refractivity contribution in [2.45, 2.75) is 80.6 Å². The van der Waals surface area contributed by atoms with Gasteiger partial charge in [-0.15, -0.1) is 0 Å². The summed E-state index contributed by atoms with van der Waals surface area (Å²) in [5.41, 5.74) is 5.15. The van der Waals surface area contributed by atoms with Crippen molar-refractivity contribution >= 4 is 13.1 Å². The van der Waals surface area contributed by atoms with Crippen LogP contribution in [-0.2, 0) is 15.0 Å². The maximum atomic E-state index is 10.0. The largest absolute Gasteiger partial charge is 0.307 e. The zero-order valence-corrected chi connectivity index (χ0v) is 18.5. The second-order valence-corrected chi connectivity index (χ2v) is 6.41. The summed E-state index contributed by atoms with van der Waals surface area (Å²) in [6, 6.07) is 8.95. The zero-order valence-electron chi connectivity index (χ0n) is 18.5. The monoisotopic (exact) mass is 360 g/mol. The van der Waals surface area contributed by atoms with Crippen LogP contribution in [0.5, 0.6) is 0 Å². The summed E-state index contributed by atoms with van der Waals surface area (Å²) in [5, 5.41) is 0. The summed E-state index contributed by atoms with van der Waals surface area (Å²) in [7, 11) is 0. The molecular formula is C24H40O2. The highest BCUT2D eigenvalue weighted by atomic mass is 16.1. The first kappa shape index (κ1) is 28.8. The normalized spacial score (nSPS) is 9.96. The lowest BCUT2D eigenvalue weighted by Gasteiger charge is -2.27. The van der Waals surface area contributed by atoms with Crippen LogP contribution in [0.15, 0.2) is 47.6 Å². The summed E-state index contributed by atoms with van der Waals surface area (Å²) < 4.78 is 0. The van der Waals surface area contributed by atoms with Crippen molar-refractivity contribution in [3.05, 3.63) is 58.7 Å². The first-order valence-electron chi connectivity index (χ1n) is 9.42. The van der Waals surface area contributed by atoms with Crippen molar-refractivity contribution in [3.63, 3.8) is 0 Å². The summed E-state index contributed by atoms with van der Waals surface area (Å²) in [6.07, 6.45) is 7.00. The molecule has 0 unspecified atom stereocenters. The number of aldehydes is 1. The quantitative estimate of drug-likeness (QED) is 0.321. The number of aryl methyl sites for hydroxylation is 1. The molecular weight excluding hydrogens is 320 g/mol. The topological polar surface area (TPSA) is 34.1 Å². The lowest BCUT2D eigenvalue weighted by atomic mass is 9.78. The first-order valence-corrected chi connectivity index (χ1v) is 9.42. The van der Waals surface area contributed by atoms with Crippen LogP contribution in [0.25, 0.3) is 0 Å². The van der Waals surface area contributed by atoms with E-state index in [0.717, 1.165) is 11.9 Å². The van der Waals surface area contributed by atoms with Gasteiger partial charge < -0.3 is 4.79 Å². The number of carbonyl (C=O) groups excluding carboxylic acids is 2. The van der Waals surface area contributed by atoms with E-state index in [1.54, 1.807) is 6.92 Å². The van der Waals surface area contributed by atoms with Gasteiger partial charge in [0, 0.05) is 0 Å². The van der Waals surface area contributed by atoms with E-state index in [9.17, 15) is 4.79 Å². The smallest absolute Gasteiger partial charge is 0.145 e. The Kier molecular flexibility index (Phi) is 19.8. The molecule has 0 saturated carbocycles. The molecule has 0 aliphatic heterocycles. The molecule has 0 amide bonds. The van der Waals surface area contributed by atoms with Crippen LogP contribution in [0.1, 0.15) is 79.4 Å². The van der Waals surface area contributed by atoms with Crippen molar-refractivity contribution in [1.29, 1.82) is 0 Å². The zero-order chi connectivity index (χ0) is 21.2. The van der Waals surface area contributed by atoms with Crippen LogP contribution >= 0.6 is 0 Å². The Morgan fingerprint density at radius 2 is 1.38 bits per heavy atom. The fourth-order valence-corrected chi connectivity index (χ4v) is 1.95. The van der Waals surface area contributed by atoms with Crippen molar-refractivity contribution in [2.75, 3.05) is 0 Å². The predicted octanol–water partition coefficient (Wildman–Crippen LogP) is 7.01. The minimum absolute atomic E-state index is 0.369. The molecule has 1 aromatic carbocycles. The highest BCUT2D eigenvalue weighted by molar-refractivity contribution is 5.72. The van der Waals surface area contributed by atoms with Gasteiger partial charge in [-0.1, -0.05) is 82.2 Å². The molecule has 0 aromatic heterocycles. The van der Waals surface area contributed by atoms with Crippen LogP contribution in [0.4, 0.5) is 0 Å². The number of allylic oxidation sites excluding steroid dienone is 4. The summed E-state index contributed by atoms with van der Waals surface area (Å²) in [4.78, 5) is 18.0. The van der Waals surface area contributed by atoms with Crippen LogP contribution in [0.3, 0.4) is 0 Å². The van der Waals surface area contributed by atoms with Gasteiger partial charge in [0.25, 0.3) is 0 Å². The first-order chi connectivity index (χ1) is 12.3. The minimum Gasteiger partial charge on any atom is -0.307 e. The molecule has 0 N–H and O–H groups in total. The van der Waals surface area contributed by atoms with E-state index in [0.29, 0.717) is 5.41 Å². The molecule has 0 heterocycles. The third kappa shape index (κ3) is 13.3. The maximum absolute atomic E-state index is 10.0. The molecule has 0 fully saturated rings. The molecule has 2 nitrogen and oxygen atoms in total. The number of hydrogen-bond acceptors (Lipinski definition) is 2. The van der Waals surface area contributed by atoms with Gasteiger partial charge in [0.15, 0.2) is 0 Å². The SMILES string of the molecule is C=O.CC.CC(C)=C/C=C(\C)C=O.CCC(C)(CC)c1ccc(C)cc1. The number of carbonyl (C=O) groups is 2. The van der Waals surface area contributed by atoms with Crippen molar-refractivity contribution in [3.8, 4) is 0 Å². The van der Waals surface area contributed by atoms with E-state index in [-0.39, 0.29) is 0 Å². The van der Waals surface area contributed by atoms with Gasteiger partial charge in [-0.05, 0) is 57.1 Å². The molecule has 0 saturated heterocycles. The fourth-order valence-electron chi connectivity index (χ4n) is 1.95. The molecule has 26 heavy (non-hydrogen) atoms. The highest BCUT2D eigenvalue weighted by Crippen LogP contribution is 2.30. The third-order valence-electron chi connectivity index (χ3n) is 4.17. The van der Waals surface area contributed by atoms with Crippen LogP contribution in [0.2, 0.25) is 0 Å². The van der Waals surface area contributed by atoms with Gasteiger partial charge in [-0.2, -0.15) is 0 Å². The Morgan fingerprint density at radius 3 is 1.69 bits per heavy atom. The molecule has 0 radical (unpaired) electrons. The van der Waals surface area contributed by atoms with E-state index in [1.165, 1.54) is 29.5 Å². The van der Waals surface area contributed by atoms with Crippen molar-refractivity contribution in [2.24, 2.45) is 0 Å². The van der Waals surface area contributed by atoms with Gasteiger partial charge in [0.1, 0.15) is 13.1 Å². The maximum Gasteiger partial charge on any atom is 0.145 e. The Hall–Kier alpha value is -1.96. The molecule has 2 heteroatoms. The lowest BCUT2D eigenvalue weighted by molar-refractivity contribution is -0.104. The third-order valence-corrected chi connectivity index (χ3v) is 4.17. The van der Waals surface area contributed by atoms with Gasteiger partial charge >= 0.3 is 0 Å². The van der Waals surface area contributed by atoms with Crippen LogP contribution in [-0.4, -0.2) is 13.1 Å². The predicted molar refractivity (Wildman–Crippen MR) is 117 cm³/mol. The second-order valence-electron chi connectivity index (χ2n) is 6.41. The summed E-state index contributed by atoms with van der Waals surface area (Å²) >= 11 is 0. The van der Waals surface area contributed by atoms with E-state index < -0.39 is 0 Å².